The third kappa shape index (κ3) is 2.69. The number of allylic oxidation sites excluding steroid dienone is 2. The van der Waals surface area contributed by atoms with Gasteiger partial charge in [0.2, 0.25) is 0 Å². The van der Waals surface area contributed by atoms with Crippen molar-refractivity contribution in [2.75, 3.05) is 4.90 Å². The third-order valence-corrected chi connectivity index (χ3v) is 7.94. The molecule has 2 unspecified atom stereocenters. The summed E-state index contributed by atoms with van der Waals surface area (Å²) in [6.07, 6.45) is 10.5. The molecule has 156 valence electrons. The fourth-order valence-corrected chi connectivity index (χ4v) is 6.26. The van der Waals surface area contributed by atoms with Crippen LogP contribution in [0, 0.1) is 26.7 Å². The molecule has 5 rings (SSSR count). The maximum Gasteiger partial charge on any atom is 0.133 e. The molecule has 1 saturated carbocycles. The van der Waals surface area contributed by atoms with Crippen molar-refractivity contribution in [2.24, 2.45) is 5.92 Å². The van der Waals surface area contributed by atoms with Crippen LogP contribution in [0.3, 0.4) is 0 Å². The number of benzene rings is 2. The van der Waals surface area contributed by atoms with Crippen LogP contribution in [0.4, 0.5) is 5.69 Å². The van der Waals surface area contributed by atoms with E-state index >= 15 is 0 Å². The molecule has 2 aromatic carbocycles. The summed E-state index contributed by atoms with van der Waals surface area (Å²) in [7, 11) is 0. The fourth-order valence-electron chi connectivity index (χ4n) is 6.26. The lowest BCUT2D eigenvalue weighted by Crippen LogP contribution is -2.49. The van der Waals surface area contributed by atoms with Gasteiger partial charge in [0.05, 0.1) is 11.2 Å². The number of hydrogen-bond donors (Lipinski definition) is 0. The van der Waals surface area contributed by atoms with Gasteiger partial charge in [-0.1, -0.05) is 55.3 Å². The van der Waals surface area contributed by atoms with Gasteiger partial charge in [0, 0.05) is 16.9 Å². The van der Waals surface area contributed by atoms with Gasteiger partial charge in [0.25, 0.3) is 0 Å². The van der Waals surface area contributed by atoms with Crippen LogP contribution in [0.1, 0.15) is 68.0 Å². The summed E-state index contributed by atoms with van der Waals surface area (Å²) in [5, 5.41) is 0. The Bertz CT molecular complexity index is 1020. The number of fused-ring (bicyclic) bond motifs is 1. The zero-order valence-electron chi connectivity index (χ0n) is 19.1. The lowest BCUT2D eigenvalue weighted by Gasteiger charge is -2.46. The zero-order chi connectivity index (χ0) is 21.0. The van der Waals surface area contributed by atoms with Crippen LogP contribution >= 0.6 is 0 Å². The number of rotatable bonds is 3. The Morgan fingerprint density at radius 3 is 2.13 bits per heavy atom. The normalized spacial score (nSPS) is 26.2. The largest absolute Gasteiger partial charge is 0.336 e. The summed E-state index contributed by atoms with van der Waals surface area (Å²) >= 11 is 0. The highest BCUT2D eigenvalue weighted by atomic mass is 15.5. The molecular weight excluding hydrogens is 364 g/mol. The van der Waals surface area contributed by atoms with E-state index in [2.05, 4.69) is 99.0 Å². The van der Waals surface area contributed by atoms with Gasteiger partial charge in [-0.3, -0.25) is 0 Å². The maximum atomic E-state index is 2.76. The van der Waals surface area contributed by atoms with Crippen molar-refractivity contribution in [1.29, 1.82) is 0 Å². The highest BCUT2D eigenvalue weighted by Gasteiger charge is 2.52. The van der Waals surface area contributed by atoms with Crippen LogP contribution in [0.5, 0.6) is 0 Å². The predicted octanol–water partition coefficient (Wildman–Crippen LogP) is 7.18. The molecule has 0 saturated heterocycles. The smallest absolute Gasteiger partial charge is 0.133 e. The van der Waals surface area contributed by atoms with Crippen LogP contribution in [0.25, 0.3) is 0 Å². The standard InChI is InChI=1S/C28H34N2/c1-19-11-6-9-16-24(19)29-22(4)25-17-18-28(5,23-14-7-8-15-23)30(25)27(29)26-20(2)12-10-13-21(26)3/h6,9-13,16-18,23,27H,7-8,14-15H2,1-5H3. The van der Waals surface area contributed by atoms with Gasteiger partial charge in [-0.05, 0) is 82.2 Å². The van der Waals surface area contributed by atoms with Crippen LogP contribution in [-0.4, -0.2) is 10.4 Å². The Hall–Kier alpha value is -2.48. The molecule has 3 aliphatic rings. The second kappa shape index (κ2) is 7.04. The monoisotopic (exact) mass is 398 g/mol. The first-order valence-electron chi connectivity index (χ1n) is 11.5. The molecule has 0 N–H and O–H groups in total. The summed E-state index contributed by atoms with van der Waals surface area (Å²) in [4.78, 5) is 5.37. The molecule has 0 radical (unpaired) electrons. The lowest BCUT2D eigenvalue weighted by atomic mass is 9.83. The minimum absolute atomic E-state index is 0.0733. The molecular formula is C28H34N2. The Balaban J connectivity index is 1.73. The fraction of sp³-hybridized carbons (Fsp3) is 0.429. The first kappa shape index (κ1) is 19.5. The van der Waals surface area contributed by atoms with Gasteiger partial charge in [-0.25, -0.2) is 0 Å². The molecule has 2 aliphatic heterocycles. The van der Waals surface area contributed by atoms with Gasteiger partial charge < -0.3 is 9.80 Å². The second-order valence-electron chi connectivity index (χ2n) is 9.72. The van der Waals surface area contributed by atoms with Crippen molar-refractivity contribution in [3.63, 3.8) is 0 Å². The second-order valence-corrected chi connectivity index (χ2v) is 9.72. The highest BCUT2D eigenvalue weighted by Crippen LogP contribution is 2.55. The number of para-hydroxylation sites is 1. The lowest BCUT2D eigenvalue weighted by molar-refractivity contribution is 0.111. The molecule has 1 aliphatic carbocycles. The maximum absolute atomic E-state index is 2.76. The van der Waals surface area contributed by atoms with Crippen LogP contribution in [0.2, 0.25) is 0 Å². The Morgan fingerprint density at radius 2 is 1.47 bits per heavy atom. The van der Waals surface area contributed by atoms with E-state index in [0.717, 1.165) is 5.92 Å². The molecule has 0 aromatic heterocycles. The molecule has 30 heavy (non-hydrogen) atoms. The highest BCUT2D eigenvalue weighted by molar-refractivity contribution is 5.65. The summed E-state index contributed by atoms with van der Waals surface area (Å²) in [5.74, 6) is 0.725. The van der Waals surface area contributed by atoms with Crippen molar-refractivity contribution in [1.82, 2.24) is 4.90 Å². The first-order valence-corrected chi connectivity index (χ1v) is 11.5. The van der Waals surface area contributed by atoms with E-state index in [1.54, 1.807) is 0 Å². The van der Waals surface area contributed by atoms with Gasteiger partial charge in [0.1, 0.15) is 6.17 Å². The molecule has 0 spiro atoms. The van der Waals surface area contributed by atoms with Crippen molar-refractivity contribution < 1.29 is 0 Å². The summed E-state index contributed by atoms with van der Waals surface area (Å²) in [5.41, 5.74) is 9.73. The van der Waals surface area contributed by atoms with E-state index in [4.69, 9.17) is 0 Å². The molecule has 2 heteroatoms. The topological polar surface area (TPSA) is 6.48 Å². The zero-order valence-corrected chi connectivity index (χ0v) is 19.1. The van der Waals surface area contributed by atoms with Gasteiger partial charge in [-0.2, -0.15) is 0 Å². The average Bonchev–Trinajstić information content (AvgIpc) is 3.42. The minimum atomic E-state index is 0.0733. The first-order chi connectivity index (χ1) is 14.4. The number of aryl methyl sites for hydroxylation is 3. The molecule has 2 nitrogen and oxygen atoms in total. The van der Waals surface area contributed by atoms with Crippen molar-refractivity contribution in [3.8, 4) is 0 Å². The van der Waals surface area contributed by atoms with Crippen LogP contribution < -0.4 is 4.90 Å². The Labute approximate surface area is 181 Å². The summed E-state index contributed by atoms with van der Waals surface area (Å²) in [6.45, 7) is 11.6. The van der Waals surface area contributed by atoms with E-state index in [0.29, 0.717) is 0 Å². The third-order valence-electron chi connectivity index (χ3n) is 7.94. The van der Waals surface area contributed by atoms with Crippen LogP contribution in [-0.2, 0) is 0 Å². The Kier molecular flexibility index (Phi) is 4.57. The quantitative estimate of drug-likeness (QED) is 0.540. The summed E-state index contributed by atoms with van der Waals surface area (Å²) in [6, 6.07) is 15.6. The van der Waals surface area contributed by atoms with Gasteiger partial charge >= 0.3 is 0 Å². The minimum Gasteiger partial charge on any atom is -0.336 e. The van der Waals surface area contributed by atoms with Gasteiger partial charge in [-0.15, -0.1) is 0 Å². The molecule has 2 atom stereocenters. The number of hydrogen-bond acceptors (Lipinski definition) is 2. The molecule has 0 bridgehead atoms. The number of nitrogens with zero attached hydrogens (tertiary/aromatic N) is 2. The average molecular weight is 399 g/mol. The number of anilines is 1. The van der Waals surface area contributed by atoms with E-state index in [1.165, 1.54) is 65.0 Å². The molecule has 1 fully saturated rings. The predicted molar refractivity (Wildman–Crippen MR) is 126 cm³/mol. The van der Waals surface area contributed by atoms with Crippen molar-refractivity contribution >= 4 is 5.69 Å². The van der Waals surface area contributed by atoms with E-state index in [1.807, 2.05) is 0 Å². The summed E-state index contributed by atoms with van der Waals surface area (Å²) < 4.78 is 0. The van der Waals surface area contributed by atoms with E-state index < -0.39 is 0 Å². The van der Waals surface area contributed by atoms with Crippen molar-refractivity contribution in [3.05, 3.63) is 88.3 Å². The molecule has 2 heterocycles. The van der Waals surface area contributed by atoms with Gasteiger partial charge in [0.15, 0.2) is 0 Å². The van der Waals surface area contributed by atoms with E-state index in [-0.39, 0.29) is 11.7 Å². The molecule has 2 aromatic rings. The van der Waals surface area contributed by atoms with Crippen LogP contribution in [0.15, 0.2) is 66.0 Å². The Morgan fingerprint density at radius 1 is 0.833 bits per heavy atom. The van der Waals surface area contributed by atoms with Crippen molar-refractivity contribution in [2.45, 2.75) is 72.0 Å². The molecule has 0 amide bonds. The SMILES string of the molecule is CC1=C2C=CC(C)(C3CCCC3)N2C(c2c(C)cccc2C)N1c1ccccc1C. The van der Waals surface area contributed by atoms with E-state index in [9.17, 15) is 0 Å².